The quantitative estimate of drug-likeness (QED) is 0.442. The molecule has 2 N–H and O–H groups in total. The first kappa shape index (κ1) is 22.8. The van der Waals surface area contributed by atoms with E-state index < -0.39 is 0 Å². The van der Waals surface area contributed by atoms with Gasteiger partial charge in [0.15, 0.2) is 11.5 Å². The van der Waals surface area contributed by atoms with Gasteiger partial charge in [-0.2, -0.15) is 0 Å². The Morgan fingerprint density at radius 1 is 1.29 bits per heavy atom. The topological polar surface area (TPSA) is 78.9 Å². The number of thiocarbonyl (C=S) groups is 1. The van der Waals surface area contributed by atoms with Crippen LogP contribution in [0.15, 0.2) is 47.4 Å². The molecule has 2 aromatic rings. The Bertz CT molecular complexity index is 1040. The van der Waals surface area contributed by atoms with Gasteiger partial charge in [-0.05, 0) is 55.7 Å². The van der Waals surface area contributed by atoms with Gasteiger partial charge in [-0.15, -0.1) is 0 Å². The lowest BCUT2D eigenvalue weighted by atomic mass is 10.2. The smallest absolute Gasteiger partial charge is 0.266 e. The molecule has 0 atom stereocenters. The zero-order valence-electron chi connectivity index (χ0n) is 17.4. The summed E-state index contributed by atoms with van der Waals surface area (Å²) in [7, 11) is 0. The first-order chi connectivity index (χ1) is 14.9. The molecule has 0 radical (unpaired) electrons. The van der Waals surface area contributed by atoms with Crippen LogP contribution in [0.4, 0.5) is 5.69 Å². The molecule has 6 nitrogen and oxygen atoms in total. The van der Waals surface area contributed by atoms with Crippen LogP contribution in [-0.2, 0) is 9.59 Å². The van der Waals surface area contributed by atoms with Gasteiger partial charge in [0, 0.05) is 18.7 Å². The minimum Gasteiger partial charge on any atom is -0.504 e. The number of phenolic OH excluding ortho intramolecular Hbond substituents is 1. The maximum absolute atomic E-state index is 12.8. The average molecular weight is 457 g/mol. The predicted octanol–water partition coefficient (Wildman–Crippen LogP) is 4.72. The molecule has 1 saturated heterocycles. The van der Waals surface area contributed by atoms with Crippen molar-refractivity contribution in [2.24, 2.45) is 0 Å². The Morgan fingerprint density at radius 2 is 2.06 bits per heavy atom. The summed E-state index contributed by atoms with van der Waals surface area (Å²) in [6.07, 6.45) is 2.53. The predicted molar refractivity (Wildman–Crippen MR) is 128 cm³/mol. The van der Waals surface area contributed by atoms with Crippen molar-refractivity contribution in [1.82, 2.24) is 4.90 Å². The van der Waals surface area contributed by atoms with Crippen LogP contribution in [-0.4, -0.2) is 39.3 Å². The number of rotatable bonds is 8. The fourth-order valence-corrected chi connectivity index (χ4v) is 4.37. The van der Waals surface area contributed by atoms with Crippen molar-refractivity contribution in [2.75, 3.05) is 18.5 Å². The molecule has 0 aromatic heterocycles. The van der Waals surface area contributed by atoms with E-state index in [9.17, 15) is 14.7 Å². The number of carbonyl (C=O) groups is 2. The van der Waals surface area contributed by atoms with Crippen LogP contribution >= 0.6 is 24.0 Å². The summed E-state index contributed by atoms with van der Waals surface area (Å²) in [5.74, 6) is 0.144. The van der Waals surface area contributed by atoms with Gasteiger partial charge >= 0.3 is 0 Å². The first-order valence-electron chi connectivity index (χ1n) is 9.95. The van der Waals surface area contributed by atoms with E-state index in [4.69, 9.17) is 17.0 Å². The highest BCUT2D eigenvalue weighted by molar-refractivity contribution is 8.26. The number of para-hydroxylation sites is 1. The Kier molecular flexibility index (Phi) is 7.70. The molecule has 1 aliphatic rings. The lowest BCUT2D eigenvalue weighted by molar-refractivity contribution is -0.122. The van der Waals surface area contributed by atoms with Gasteiger partial charge in [-0.1, -0.05) is 48.2 Å². The third-order valence-corrected chi connectivity index (χ3v) is 6.04. The molecule has 1 aliphatic heterocycles. The van der Waals surface area contributed by atoms with Gasteiger partial charge in [-0.25, -0.2) is 0 Å². The molecule has 1 heterocycles. The summed E-state index contributed by atoms with van der Waals surface area (Å²) >= 11 is 6.59. The molecular formula is C23H24N2O4S2. The Morgan fingerprint density at radius 3 is 2.81 bits per heavy atom. The largest absolute Gasteiger partial charge is 0.504 e. The van der Waals surface area contributed by atoms with E-state index in [0.29, 0.717) is 41.0 Å². The van der Waals surface area contributed by atoms with Gasteiger partial charge in [0.1, 0.15) is 4.32 Å². The minimum atomic E-state index is -0.180. The molecule has 0 spiro atoms. The Balaban J connectivity index is 1.58. The first-order valence-corrected chi connectivity index (χ1v) is 11.2. The molecule has 0 aliphatic carbocycles. The van der Waals surface area contributed by atoms with Crippen molar-refractivity contribution >= 4 is 51.9 Å². The van der Waals surface area contributed by atoms with Gasteiger partial charge < -0.3 is 15.2 Å². The van der Waals surface area contributed by atoms with Crippen molar-refractivity contribution in [1.29, 1.82) is 0 Å². The second-order valence-corrected chi connectivity index (χ2v) is 8.64. The second kappa shape index (κ2) is 10.5. The number of aryl methyl sites for hydroxylation is 1. The summed E-state index contributed by atoms with van der Waals surface area (Å²) in [4.78, 5) is 27.0. The number of hydrogen-bond acceptors (Lipinski definition) is 6. The van der Waals surface area contributed by atoms with Gasteiger partial charge in [0.2, 0.25) is 5.91 Å². The van der Waals surface area contributed by atoms with Crippen LogP contribution in [0.5, 0.6) is 11.5 Å². The zero-order valence-corrected chi connectivity index (χ0v) is 19.0. The highest BCUT2D eigenvalue weighted by atomic mass is 32.2. The number of phenols is 1. The molecule has 31 heavy (non-hydrogen) atoms. The number of aromatic hydroxyl groups is 1. The van der Waals surface area contributed by atoms with Crippen LogP contribution in [0.1, 0.15) is 30.9 Å². The van der Waals surface area contributed by atoms with Crippen molar-refractivity contribution in [3.05, 3.63) is 58.5 Å². The third kappa shape index (κ3) is 5.86. The van der Waals surface area contributed by atoms with Crippen LogP contribution in [0.3, 0.4) is 0 Å². The second-order valence-electron chi connectivity index (χ2n) is 6.96. The molecule has 8 heteroatoms. The van der Waals surface area contributed by atoms with E-state index in [2.05, 4.69) is 5.32 Å². The number of carbonyl (C=O) groups excluding carboxylic acids is 2. The van der Waals surface area contributed by atoms with Crippen LogP contribution < -0.4 is 10.1 Å². The molecule has 3 rings (SSSR count). The van der Waals surface area contributed by atoms with Crippen molar-refractivity contribution < 1.29 is 19.4 Å². The standard InChI is InChI=1S/C23H24N2O4S2/c1-3-29-19-13-16(10-11-18(19)26)14-20-22(28)25(23(30)31-20)12-6-9-21(27)24-17-8-5-4-7-15(17)2/h4-5,7-8,10-11,13-14,26H,3,6,9,12H2,1-2H3,(H,24,27)/b20-14-. The molecular weight excluding hydrogens is 432 g/mol. The van der Waals surface area contributed by atoms with E-state index in [-0.39, 0.29) is 17.6 Å². The normalized spacial score (nSPS) is 14.9. The number of anilines is 1. The van der Waals surface area contributed by atoms with Crippen LogP contribution in [0, 0.1) is 6.92 Å². The number of amides is 2. The zero-order chi connectivity index (χ0) is 22.4. The lowest BCUT2D eigenvalue weighted by Crippen LogP contribution is -2.29. The summed E-state index contributed by atoms with van der Waals surface area (Å²) < 4.78 is 5.86. The third-order valence-electron chi connectivity index (χ3n) is 4.66. The maximum Gasteiger partial charge on any atom is 0.266 e. The number of nitrogens with zero attached hydrogens (tertiary/aromatic N) is 1. The summed E-state index contributed by atoms with van der Waals surface area (Å²) in [6, 6.07) is 12.5. The Hall–Kier alpha value is -2.84. The fraction of sp³-hybridized carbons (Fsp3) is 0.261. The maximum atomic E-state index is 12.8. The van der Waals surface area contributed by atoms with Crippen molar-refractivity contribution in [3.8, 4) is 11.5 Å². The SMILES string of the molecule is CCOc1cc(/C=C2\SC(=S)N(CCCC(=O)Nc3ccccc3C)C2=O)ccc1O. The summed E-state index contributed by atoms with van der Waals surface area (Å²) in [5.41, 5.74) is 2.53. The number of benzene rings is 2. The van der Waals surface area contributed by atoms with Crippen molar-refractivity contribution in [2.45, 2.75) is 26.7 Å². The highest BCUT2D eigenvalue weighted by Crippen LogP contribution is 2.34. The van der Waals surface area contributed by atoms with E-state index in [1.165, 1.54) is 22.7 Å². The summed E-state index contributed by atoms with van der Waals surface area (Å²) in [5, 5.41) is 12.7. The van der Waals surface area contributed by atoms with E-state index in [0.717, 1.165) is 16.8 Å². The van der Waals surface area contributed by atoms with Crippen LogP contribution in [0.25, 0.3) is 6.08 Å². The lowest BCUT2D eigenvalue weighted by Gasteiger charge is -2.14. The number of ether oxygens (including phenoxy) is 1. The Labute approximate surface area is 191 Å². The molecule has 2 amide bonds. The number of nitrogens with one attached hydrogen (secondary N) is 1. The van der Waals surface area contributed by atoms with E-state index in [1.807, 2.05) is 38.1 Å². The number of thioether (sulfide) groups is 1. The molecule has 0 unspecified atom stereocenters. The minimum absolute atomic E-state index is 0.0514. The number of hydrogen-bond donors (Lipinski definition) is 2. The van der Waals surface area contributed by atoms with Gasteiger partial charge in [0.05, 0.1) is 11.5 Å². The molecule has 0 saturated carbocycles. The van der Waals surface area contributed by atoms with Gasteiger partial charge in [0.25, 0.3) is 5.91 Å². The monoisotopic (exact) mass is 456 g/mol. The van der Waals surface area contributed by atoms with E-state index >= 15 is 0 Å². The average Bonchev–Trinajstić information content (AvgIpc) is 2.99. The fourth-order valence-electron chi connectivity index (χ4n) is 3.06. The molecule has 1 fully saturated rings. The van der Waals surface area contributed by atoms with Crippen molar-refractivity contribution in [3.63, 3.8) is 0 Å². The van der Waals surface area contributed by atoms with E-state index in [1.54, 1.807) is 18.2 Å². The molecule has 0 bridgehead atoms. The highest BCUT2D eigenvalue weighted by Gasteiger charge is 2.31. The van der Waals surface area contributed by atoms with Crippen LogP contribution in [0.2, 0.25) is 0 Å². The summed E-state index contributed by atoms with van der Waals surface area (Å²) in [6.45, 7) is 4.57. The molecule has 162 valence electrons. The molecule has 2 aromatic carbocycles. The van der Waals surface area contributed by atoms with Gasteiger partial charge in [-0.3, -0.25) is 14.5 Å².